The van der Waals surface area contributed by atoms with Gasteiger partial charge in [0.2, 0.25) is 0 Å². The second-order valence-electron chi connectivity index (χ2n) is 7.77. The van der Waals surface area contributed by atoms with Gasteiger partial charge >= 0.3 is 0 Å². The topological polar surface area (TPSA) is 18.5 Å². The summed E-state index contributed by atoms with van der Waals surface area (Å²) >= 11 is 0. The van der Waals surface area contributed by atoms with Crippen LogP contribution in [0.15, 0.2) is 0 Å². The van der Waals surface area contributed by atoms with Crippen LogP contribution in [0.5, 0.6) is 0 Å². The SMILES string of the molecule is CC(C)NCC1(CN2CCCC2CN(C)C)CCCC1. The summed E-state index contributed by atoms with van der Waals surface area (Å²) in [4.78, 5) is 5.16. The first-order valence-corrected chi connectivity index (χ1v) is 8.63. The summed E-state index contributed by atoms with van der Waals surface area (Å²) in [7, 11) is 4.42. The zero-order valence-corrected chi connectivity index (χ0v) is 14.1. The van der Waals surface area contributed by atoms with Crippen molar-refractivity contribution in [2.45, 2.75) is 64.5 Å². The molecule has 1 heterocycles. The molecule has 1 aliphatic heterocycles. The fourth-order valence-electron chi connectivity index (χ4n) is 4.10. The molecule has 0 aromatic heterocycles. The van der Waals surface area contributed by atoms with Crippen molar-refractivity contribution >= 4 is 0 Å². The lowest BCUT2D eigenvalue weighted by atomic mass is 9.85. The van der Waals surface area contributed by atoms with Crippen LogP contribution >= 0.6 is 0 Å². The van der Waals surface area contributed by atoms with Crippen LogP contribution in [0.4, 0.5) is 0 Å². The number of likely N-dealkylation sites (N-methyl/N-ethyl adjacent to an activating group) is 1. The highest BCUT2D eigenvalue weighted by atomic mass is 15.2. The van der Waals surface area contributed by atoms with Crippen molar-refractivity contribution in [1.82, 2.24) is 15.1 Å². The molecule has 0 radical (unpaired) electrons. The molecule has 0 spiro atoms. The lowest BCUT2D eigenvalue weighted by molar-refractivity contribution is 0.122. The fraction of sp³-hybridized carbons (Fsp3) is 1.00. The van der Waals surface area contributed by atoms with Crippen LogP contribution in [0.25, 0.3) is 0 Å². The highest BCUT2D eigenvalue weighted by Gasteiger charge is 2.38. The molecule has 118 valence electrons. The maximum Gasteiger partial charge on any atom is 0.0223 e. The number of likely N-dealkylation sites (tertiary alicyclic amines) is 1. The maximum absolute atomic E-state index is 3.72. The molecular formula is C17H35N3. The van der Waals surface area contributed by atoms with Crippen molar-refractivity contribution in [3.05, 3.63) is 0 Å². The van der Waals surface area contributed by atoms with E-state index in [1.54, 1.807) is 0 Å². The van der Waals surface area contributed by atoms with E-state index in [2.05, 4.69) is 43.1 Å². The fourth-order valence-corrected chi connectivity index (χ4v) is 4.10. The maximum atomic E-state index is 3.72. The van der Waals surface area contributed by atoms with Gasteiger partial charge in [0, 0.05) is 31.7 Å². The van der Waals surface area contributed by atoms with Gasteiger partial charge in [-0.1, -0.05) is 26.7 Å². The standard InChI is InChI=1S/C17H35N3/c1-15(2)18-13-17(9-5-6-10-17)14-20-11-7-8-16(20)12-19(3)4/h15-16,18H,5-14H2,1-4H3. The number of rotatable bonds is 7. The van der Waals surface area contributed by atoms with Gasteiger partial charge in [-0.3, -0.25) is 4.90 Å². The van der Waals surface area contributed by atoms with Gasteiger partial charge in [0.25, 0.3) is 0 Å². The minimum atomic E-state index is 0.555. The monoisotopic (exact) mass is 281 g/mol. The molecule has 3 heteroatoms. The van der Waals surface area contributed by atoms with E-state index >= 15 is 0 Å². The van der Waals surface area contributed by atoms with Crippen molar-refractivity contribution in [3.63, 3.8) is 0 Å². The predicted octanol–water partition coefficient (Wildman–Crippen LogP) is 2.57. The molecule has 0 bridgehead atoms. The molecule has 1 unspecified atom stereocenters. The predicted molar refractivity (Wildman–Crippen MR) is 87.2 cm³/mol. The lowest BCUT2D eigenvalue weighted by Gasteiger charge is -2.38. The third kappa shape index (κ3) is 4.44. The molecule has 0 amide bonds. The Hall–Kier alpha value is -0.120. The Balaban J connectivity index is 1.93. The quantitative estimate of drug-likeness (QED) is 0.774. The third-order valence-corrected chi connectivity index (χ3v) is 5.16. The van der Waals surface area contributed by atoms with Crippen molar-refractivity contribution in [3.8, 4) is 0 Å². The van der Waals surface area contributed by atoms with Crippen molar-refractivity contribution in [1.29, 1.82) is 0 Å². The second kappa shape index (κ2) is 7.24. The first-order valence-electron chi connectivity index (χ1n) is 8.63. The highest BCUT2D eigenvalue weighted by molar-refractivity contribution is 4.93. The molecule has 20 heavy (non-hydrogen) atoms. The van der Waals surface area contributed by atoms with Gasteiger partial charge in [-0.25, -0.2) is 0 Å². The minimum absolute atomic E-state index is 0.555. The molecule has 2 fully saturated rings. The number of hydrogen-bond acceptors (Lipinski definition) is 3. The van der Waals surface area contributed by atoms with E-state index < -0.39 is 0 Å². The van der Waals surface area contributed by atoms with Crippen LogP contribution < -0.4 is 5.32 Å². The zero-order chi connectivity index (χ0) is 14.6. The average Bonchev–Trinajstić information content (AvgIpc) is 2.98. The molecule has 1 atom stereocenters. The van der Waals surface area contributed by atoms with Crippen LogP contribution in [-0.4, -0.2) is 62.2 Å². The van der Waals surface area contributed by atoms with Crippen LogP contribution in [-0.2, 0) is 0 Å². The Labute approximate surface area is 126 Å². The lowest BCUT2D eigenvalue weighted by Crippen LogP contribution is -2.47. The average molecular weight is 281 g/mol. The summed E-state index contributed by atoms with van der Waals surface area (Å²) in [6.07, 6.45) is 8.52. The van der Waals surface area contributed by atoms with E-state index in [9.17, 15) is 0 Å². The van der Waals surface area contributed by atoms with E-state index in [1.165, 1.54) is 64.7 Å². The first-order chi connectivity index (χ1) is 9.51. The Morgan fingerprint density at radius 3 is 2.50 bits per heavy atom. The van der Waals surface area contributed by atoms with Gasteiger partial charge in [-0.05, 0) is 51.7 Å². The molecule has 0 aromatic rings. The van der Waals surface area contributed by atoms with Gasteiger partial charge in [0.05, 0.1) is 0 Å². The summed E-state index contributed by atoms with van der Waals surface area (Å²) in [5.74, 6) is 0. The van der Waals surface area contributed by atoms with E-state index in [-0.39, 0.29) is 0 Å². The molecule has 3 nitrogen and oxygen atoms in total. The number of nitrogens with one attached hydrogen (secondary N) is 1. The van der Waals surface area contributed by atoms with Gasteiger partial charge in [-0.15, -0.1) is 0 Å². The first kappa shape index (κ1) is 16.3. The molecular weight excluding hydrogens is 246 g/mol. The Morgan fingerprint density at radius 1 is 1.20 bits per heavy atom. The van der Waals surface area contributed by atoms with E-state index in [1.807, 2.05) is 0 Å². The van der Waals surface area contributed by atoms with Gasteiger partial charge < -0.3 is 10.2 Å². The van der Waals surface area contributed by atoms with E-state index in [0.717, 1.165) is 6.04 Å². The van der Waals surface area contributed by atoms with Crippen molar-refractivity contribution in [2.24, 2.45) is 5.41 Å². The molecule has 0 aromatic carbocycles. The summed E-state index contributed by atoms with van der Waals surface area (Å²) in [5.41, 5.74) is 0.555. The van der Waals surface area contributed by atoms with Gasteiger partial charge in [0.1, 0.15) is 0 Å². The molecule has 1 saturated heterocycles. The third-order valence-electron chi connectivity index (χ3n) is 5.16. The van der Waals surface area contributed by atoms with Gasteiger partial charge in [-0.2, -0.15) is 0 Å². The molecule has 2 rings (SSSR count). The highest BCUT2D eigenvalue weighted by Crippen LogP contribution is 2.39. The van der Waals surface area contributed by atoms with Crippen LogP contribution in [0.3, 0.4) is 0 Å². The summed E-state index contributed by atoms with van der Waals surface area (Å²) in [6.45, 7) is 9.64. The summed E-state index contributed by atoms with van der Waals surface area (Å²) < 4.78 is 0. The normalized spacial score (nSPS) is 27.0. The number of nitrogens with zero attached hydrogens (tertiary/aromatic N) is 2. The Bertz CT molecular complexity index is 282. The van der Waals surface area contributed by atoms with Gasteiger partial charge in [0.15, 0.2) is 0 Å². The summed E-state index contributed by atoms with van der Waals surface area (Å²) in [6, 6.07) is 1.41. The van der Waals surface area contributed by atoms with Crippen LogP contribution in [0.1, 0.15) is 52.4 Å². The molecule has 1 N–H and O–H groups in total. The van der Waals surface area contributed by atoms with Crippen LogP contribution in [0, 0.1) is 5.41 Å². The smallest absolute Gasteiger partial charge is 0.0223 e. The molecule has 1 aliphatic carbocycles. The molecule has 2 aliphatic rings. The zero-order valence-electron chi connectivity index (χ0n) is 14.1. The number of hydrogen-bond donors (Lipinski definition) is 1. The van der Waals surface area contributed by atoms with Crippen molar-refractivity contribution in [2.75, 3.05) is 40.3 Å². The largest absolute Gasteiger partial charge is 0.314 e. The molecule has 1 saturated carbocycles. The minimum Gasteiger partial charge on any atom is -0.314 e. The van der Waals surface area contributed by atoms with Crippen LogP contribution in [0.2, 0.25) is 0 Å². The second-order valence-corrected chi connectivity index (χ2v) is 7.77. The van der Waals surface area contributed by atoms with E-state index in [4.69, 9.17) is 0 Å². The summed E-state index contributed by atoms with van der Waals surface area (Å²) in [5, 5.41) is 3.72. The Morgan fingerprint density at radius 2 is 1.90 bits per heavy atom. The van der Waals surface area contributed by atoms with Crippen molar-refractivity contribution < 1.29 is 0 Å². The van der Waals surface area contributed by atoms with E-state index in [0.29, 0.717) is 11.5 Å². The Kier molecular flexibility index (Phi) is 5.88.